The first-order valence-electron chi connectivity index (χ1n) is 8.21. The van der Waals surface area contributed by atoms with Gasteiger partial charge < -0.3 is 10.6 Å². The minimum absolute atomic E-state index is 0.0274. The predicted molar refractivity (Wildman–Crippen MR) is 100 cm³/mol. The van der Waals surface area contributed by atoms with E-state index in [0.717, 1.165) is 16.8 Å². The summed E-state index contributed by atoms with van der Waals surface area (Å²) in [5.74, 6) is -0.138. The summed E-state index contributed by atoms with van der Waals surface area (Å²) in [5.41, 5.74) is 2.71. The number of hydrogen-bond acceptors (Lipinski definition) is 2. The molecule has 0 unspecified atom stereocenters. The first-order valence-corrected chi connectivity index (χ1v) is 8.21. The Morgan fingerprint density at radius 2 is 1.52 bits per heavy atom. The Bertz CT molecular complexity index is 901. The second-order valence-corrected chi connectivity index (χ2v) is 6.01. The molecule has 0 aliphatic rings. The molecule has 2 amide bonds. The number of carbonyl (C=O) groups excluding carboxylic acids is 2. The minimum atomic E-state index is -0.110. The van der Waals surface area contributed by atoms with Crippen LogP contribution < -0.4 is 10.6 Å². The molecule has 0 saturated heterocycles. The van der Waals surface area contributed by atoms with Crippen LogP contribution >= 0.6 is 0 Å². The zero-order valence-corrected chi connectivity index (χ0v) is 14.1. The zero-order valence-electron chi connectivity index (χ0n) is 14.1. The lowest BCUT2D eigenvalue weighted by Gasteiger charge is -2.08. The van der Waals surface area contributed by atoms with Crippen LogP contribution in [-0.4, -0.2) is 11.8 Å². The zero-order chi connectivity index (χ0) is 17.6. The van der Waals surface area contributed by atoms with E-state index in [2.05, 4.69) is 34.9 Å². The van der Waals surface area contributed by atoms with Crippen molar-refractivity contribution in [1.82, 2.24) is 5.32 Å². The van der Waals surface area contributed by atoms with Gasteiger partial charge in [0.25, 0.3) is 0 Å². The van der Waals surface area contributed by atoms with Crippen LogP contribution in [0.3, 0.4) is 0 Å². The first kappa shape index (κ1) is 16.7. The van der Waals surface area contributed by atoms with Gasteiger partial charge in [-0.3, -0.25) is 9.59 Å². The second kappa shape index (κ2) is 7.62. The van der Waals surface area contributed by atoms with Crippen LogP contribution in [0.15, 0.2) is 66.7 Å². The van der Waals surface area contributed by atoms with E-state index in [-0.39, 0.29) is 11.8 Å². The summed E-state index contributed by atoms with van der Waals surface area (Å²) in [6.45, 7) is 1.97. The fraction of sp³-hybridized carbons (Fsp3) is 0.143. The third kappa shape index (κ3) is 4.67. The van der Waals surface area contributed by atoms with E-state index in [1.807, 2.05) is 30.3 Å². The van der Waals surface area contributed by atoms with Gasteiger partial charge in [-0.05, 0) is 40.1 Å². The summed E-state index contributed by atoms with van der Waals surface area (Å²) in [5, 5.41) is 8.02. The molecule has 4 heteroatoms. The van der Waals surface area contributed by atoms with Gasteiger partial charge in [0.15, 0.2) is 0 Å². The van der Waals surface area contributed by atoms with Crippen LogP contribution in [-0.2, 0) is 22.6 Å². The molecular weight excluding hydrogens is 312 g/mol. The summed E-state index contributed by atoms with van der Waals surface area (Å²) in [6.07, 6.45) is 0.313. The van der Waals surface area contributed by atoms with Crippen molar-refractivity contribution in [3.05, 3.63) is 77.9 Å². The van der Waals surface area contributed by atoms with Gasteiger partial charge in [0.2, 0.25) is 11.8 Å². The van der Waals surface area contributed by atoms with Crippen LogP contribution in [0, 0.1) is 0 Å². The molecule has 0 aliphatic carbocycles. The number of hydrogen-bond donors (Lipinski definition) is 2. The highest BCUT2D eigenvalue weighted by atomic mass is 16.2. The van der Waals surface area contributed by atoms with Gasteiger partial charge in [-0.1, -0.05) is 48.5 Å². The van der Waals surface area contributed by atoms with E-state index < -0.39 is 0 Å². The van der Waals surface area contributed by atoms with Crippen molar-refractivity contribution in [2.24, 2.45) is 0 Å². The summed E-state index contributed by atoms with van der Waals surface area (Å²) < 4.78 is 0. The average Bonchev–Trinajstić information content (AvgIpc) is 2.61. The molecule has 0 aromatic heterocycles. The molecule has 0 aliphatic heterocycles. The monoisotopic (exact) mass is 332 g/mol. The summed E-state index contributed by atoms with van der Waals surface area (Å²) in [6, 6.07) is 21.7. The molecule has 4 nitrogen and oxygen atoms in total. The fourth-order valence-corrected chi connectivity index (χ4v) is 2.71. The van der Waals surface area contributed by atoms with Crippen molar-refractivity contribution >= 4 is 28.3 Å². The highest BCUT2D eigenvalue weighted by Crippen LogP contribution is 2.15. The van der Waals surface area contributed by atoms with Gasteiger partial charge in [0.1, 0.15) is 0 Å². The molecule has 2 N–H and O–H groups in total. The molecule has 126 valence electrons. The van der Waals surface area contributed by atoms with Crippen molar-refractivity contribution in [2.75, 3.05) is 5.32 Å². The predicted octanol–water partition coefficient (Wildman–Crippen LogP) is 3.66. The topological polar surface area (TPSA) is 58.2 Å². The highest BCUT2D eigenvalue weighted by Gasteiger charge is 2.04. The number of amides is 2. The van der Waals surface area contributed by atoms with Crippen LogP contribution in [0.4, 0.5) is 5.69 Å². The molecule has 0 heterocycles. The van der Waals surface area contributed by atoms with Gasteiger partial charge >= 0.3 is 0 Å². The molecule has 0 radical (unpaired) electrons. The van der Waals surface area contributed by atoms with Crippen LogP contribution in [0.5, 0.6) is 0 Å². The van der Waals surface area contributed by atoms with Crippen molar-refractivity contribution in [3.8, 4) is 0 Å². The third-order valence-corrected chi connectivity index (χ3v) is 3.94. The van der Waals surface area contributed by atoms with E-state index in [4.69, 9.17) is 0 Å². The SMILES string of the molecule is CC(=O)Nc1ccc(CC(=O)NCc2ccc3ccccc3c2)cc1. The van der Waals surface area contributed by atoms with E-state index in [9.17, 15) is 9.59 Å². The van der Waals surface area contributed by atoms with Crippen LogP contribution in [0.2, 0.25) is 0 Å². The molecule has 25 heavy (non-hydrogen) atoms. The Hall–Kier alpha value is -3.14. The lowest BCUT2D eigenvalue weighted by molar-refractivity contribution is -0.120. The maximum absolute atomic E-state index is 12.1. The smallest absolute Gasteiger partial charge is 0.224 e. The highest BCUT2D eigenvalue weighted by molar-refractivity contribution is 5.88. The lowest BCUT2D eigenvalue weighted by atomic mass is 10.1. The van der Waals surface area contributed by atoms with Gasteiger partial charge in [-0.2, -0.15) is 0 Å². The maximum atomic E-state index is 12.1. The molecule has 3 aromatic carbocycles. The molecule has 0 saturated carbocycles. The van der Waals surface area contributed by atoms with E-state index in [1.165, 1.54) is 17.7 Å². The van der Waals surface area contributed by atoms with Crippen LogP contribution in [0.1, 0.15) is 18.1 Å². The molecule has 0 atom stereocenters. The van der Waals surface area contributed by atoms with Gasteiger partial charge in [-0.15, -0.1) is 0 Å². The number of anilines is 1. The first-order chi connectivity index (χ1) is 12.1. The maximum Gasteiger partial charge on any atom is 0.224 e. The van der Waals surface area contributed by atoms with E-state index in [1.54, 1.807) is 12.1 Å². The summed E-state index contributed by atoms with van der Waals surface area (Å²) >= 11 is 0. The summed E-state index contributed by atoms with van der Waals surface area (Å²) in [7, 11) is 0. The Balaban J connectivity index is 1.55. The van der Waals surface area contributed by atoms with Crippen molar-refractivity contribution in [3.63, 3.8) is 0 Å². The average molecular weight is 332 g/mol. The van der Waals surface area contributed by atoms with Crippen molar-refractivity contribution in [1.29, 1.82) is 0 Å². The molecule has 0 bridgehead atoms. The van der Waals surface area contributed by atoms with Crippen LogP contribution in [0.25, 0.3) is 10.8 Å². The standard InChI is InChI=1S/C21H20N2O2/c1-15(24)23-20-10-7-16(8-11-20)13-21(25)22-14-17-6-9-18-4-2-3-5-19(18)12-17/h2-12H,13-14H2,1H3,(H,22,25)(H,23,24). The summed E-state index contributed by atoms with van der Waals surface area (Å²) in [4.78, 5) is 23.1. The largest absolute Gasteiger partial charge is 0.352 e. The third-order valence-electron chi connectivity index (χ3n) is 3.94. The van der Waals surface area contributed by atoms with Gasteiger partial charge in [0.05, 0.1) is 6.42 Å². The molecule has 3 aromatic rings. The molecular formula is C21H20N2O2. The number of fused-ring (bicyclic) bond motifs is 1. The van der Waals surface area contributed by atoms with Crippen molar-refractivity contribution in [2.45, 2.75) is 19.9 Å². The number of benzene rings is 3. The Labute approximate surface area is 146 Å². The molecule has 0 fully saturated rings. The van der Waals surface area contributed by atoms with E-state index >= 15 is 0 Å². The lowest BCUT2D eigenvalue weighted by Crippen LogP contribution is -2.24. The van der Waals surface area contributed by atoms with E-state index in [0.29, 0.717) is 13.0 Å². The number of rotatable bonds is 5. The second-order valence-electron chi connectivity index (χ2n) is 6.01. The minimum Gasteiger partial charge on any atom is -0.352 e. The normalized spacial score (nSPS) is 10.4. The van der Waals surface area contributed by atoms with Crippen molar-refractivity contribution < 1.29 is 9.59 Å². The van der Waals surface area contributed by atoms with Gasteiger partial charge in [-0.25, -0.2) is 0 Å². The quantitative estimate of drug-likeness (QED) is 0.749. The molecule has 3 rings (SSSR count). The fourth-order valence-electron chi connectivity index (χ4n) is 2.71. The Kier molecular flexibility index (Phi) is 5.09. The van der Waals surface area contributed by atoms with Gasteiger partial charge in [0, 0.05) is 19.2 Å². The number of nitrogens with one attached hydrogen (secondary N) is 2. The molecule has 0 spiro atoms. The Morgan fingerprint density at radius 1 is 0.840 bits per heavy atom. The Morgan fingerprint density at radius 3 is 2.24 bits per heavy atom. The number of carbonyl (C=O) groups is 2.